The molecule has 2 aliphatic rings. The number of hydrogen-bond donors (Lipinski definition) is 2. The number of rotatable bonds is 4. The van der Waals surface area contributed by atoms with E-state index in [4.69, 9.17) is 10.2 Å². The fraction of sp³-hybridized carbons (Fsp3) is 0.524. The third-order valence-corrected chi connectivity index (χ3v) is 5.94. The van der Waals surface area contributed by atoms with Crippen LogP contribution in [0.4, 0.5) is 5.82 Å². The third kappa shape index (κ3) is 3.58. The zero-order valence-electron chi connectivity index (χ0n) is 15.9. The van der Waals surface area contributed by atoms with Crippen LogP contribution >= 0.6 is 0 Å². The topological polar surface area (TPSA) is 70.4 Å². The second kappa shape index (κ2) is 7.72. The van der Waals surface area contributed by atoms with Crippen molar-refractivity contribution in [2.75, 3.05) is 31.5 Å². The number of likely N-dealkylation sites (tertiary alicyclic amines) is 1. The number of nitrogens with zero attached hydrogens (tertiary/aromatic N) is 3. The van der Waals surface area contributed by atoms with Gasteiger partial charge in [0.05, 0.1) is 16.9 Å². The molecule has 144 valence electrons. The van der Waals surface area contributed by atoms with Gasteiger partial charge in [0.2, 0.25) is 0 Å². The molecule has 1 aromatic carbocycles. The molecule has 0 unspecified atom stereocenters. The molecule has 1 fully saturated rings. The molecule has 2 N–H and O–H groups in total. The minimum atomic E-state index is -0.901. The summed E-state index contributed by atoms with van der Waals surface area (Å²) in [5.74, 6) is 0.715. The fourth-order valence-electron chi connectivity index (χ4n) is 4.31. The lowest BCUT2D eigenvalue weighted by molar-refractivity contribution is 0.0697. The van der Waals surface area contributed by atoms with Crippen LogP contribution in [-0.4, -0.2) is 51.9 Å². The van der Waals surface area contributed by atoms with Crippen molar-refractivity contribution in [3.8, 4) is 5.69 Å². The van der Waals surface area contributed by atoms with Crippen LogP contribution in [0.25, 0.3) is 5.69 Å². The number of piperidine rings is 1. The van der Waals surface area contributed by atoms with E-state index in [2.05, 4.69) is 17.1 Å². The van der Waals surface area contributed by atoms with Gasteiger partial charge in [-0.2, -0.15) is 5.10 Å². The summed E-state index contributed by atoms with van der Waals surface area (Å²) >= 11 is 0. The van der Waals surface area contributed by atoms with E-state index < -0.39 is 5.97 Å². The molecule has 2 aliphatic heterocycles. The lowest BCUT2D eigenvalue weighted by atomic mass is 9.90. The minimum Gasteiger partial charge on any atom is -0.478 e. The highest BCUT2D eigenvalue weighted by atomic mass is 16.4. The fourth-order valence-corrected chi connectivity index (χ4v) is 4.31. The Labute approximate surface area is 160 Å². The van der Waals surface area contributed by atoms with Crippen LogP contribution in [0.3, 0.4) is 0 Å². The molecule has 0 aliphatic carbocycles. The Hall–Kier alpha value is -2.34. The molecule has 0 spiro atoms. The molecule has 1 saturated heterocycles. The molecule has 4 rings (SSSR count). The number of nitrogens with one attached hydrogen (secondary N) is 1. The SMILES string of the molecule is CCN1CCC(c2nn(-c3ccc(C(=O)O)cc3)c3c2CCCCN3)CC1. The van der Waals surface area contributed by atoms with Crippen molar-refractivity contribution in [1.29, 1.82) is 0 Å². The number of carboxylic acids is 1. The van der Waals surface area contributed by atoms with Gasteiger partial charge in [0.1, 0.15) is 5.82 Å². The number of benzene rings is 1. The summed E-state index contributed by atoms with van der Waals surface area (Å²) in [4.78, 5) is 13.7. The van der Waals surface area contributed by atoms with Crippen molar-refractivity contribution in [1.82, 2.24) is 14.7 Å². The van der Waals surface area contributed by atoms with Gasteiger partial charge in [0, 0.05) is 18.0 Å². The lowest BCUT2D eigenvalue weighted by Gasteiger charge is -2.30. The standard InChI is InChI=1S/C21H28N4O2/c1-2-24-13-10-15(11-14-24)19-18-5-3-4-12-22-20(18)25(23-19)17-8-6-16(7-9-17)21(26)27/h6-9,15,22H,2-5,10-14H2,1H3,(H,26,27). The van der Waals surface area contributed by atoms with Crippen molar-refractivity contribution in [2.24, 2.45) is 0 Å². The van der Waals surface area contributed by atoms with Crippen LogP contribution in [0.15, 0.2) is 24.3 Å². The molecule has 3 heterocycles. The monoisotopic (exact) mass is 368 g/mol. The maximum atomic E-state index is 11.2. The van der Waals surface area contributed by atoms with E-state index in [0.717, 1.165) is 56.9 Å². The number of aromatic nitrogens is 2. The second-order valence-electron chi connectivity index (χ2n) is 7.57. The average Bonchev–Trinajstić information content (AvgIpc) is 2.89. The van der Waals surface area contributed by atoms with Crippen LogP contribution in [0.1, 0.15) is 60.1 Å². The Morgan fingerprint density at radius 3 is 2.63 bits per heavy atom. The maximum Gasteiger partial charge on any atom is 0.335 e. The van der Waals surface area contributed by atoms with Gasteiger partial charge in [-0.25, -0.2) is 9.48 Å². The molecule has 27 heavy (non-hydrogen) atoms. The molecule has 1 aromatic heterocycles. The first-order valence-electron chi connectivity index (χ1n) is 10.1. The van der Waals surface area contributed by atoms with E-state index in [9.17, 15) is 4.79 Å². The van der Waals surface area contributed by atoms with E-state index in [0.29, 0.717) is 11.5 Å². The Morgan fingerprint density at radius 2 is 1.96 bits per heavy atom. The van der Waals surface area contributed by atoms with Gasteiger partial charge in [0.15, 0.2) is 0 Å². The van der Waals surface area contributed by atoms with E-state index >= 15 is 0 Å². The Kier molecular flexibility index (Phi) is 5.16. The van der Waals surface area contributed by atoms with Crippen LogP contribution < -0.4 is 5.32 Å². The van der Waals surface area contributed by atoms with Crippen molar-refractivity contribution in [3.05, 3.63) is 41.1 Å². The quantitative estimate of drug-likeness (QED) is 0.864. The van der Waals surface area contributed by atoms with Crippen LogP contribution in [0, 0.1) is 0 Å². The summed E-state index contributed by atoms with van der Waals surface area (Å²) in [7, 11) is 0. The zero-order valence-corrected chi connectivity index (χ0v) is 15.9. The van der Waals surface area contributed by atoms with Gasteiger partial charge in [-0.15, -0.1) is 0 Å². The van der Waals surface area contributed by atoms with Gasteiger partial charge in [-0.05, 0) is 76.0 Å². The molecular weight excluding hydrogens is 340 g/mol. The van der Waals surface area contributed by atoms with Crippen LogP contribution in [0.5, 0.6) is 0 Å². The highest BCUT2D eigenvalue weighted by molar-refractivity contribution is 5.87. The predicted octanol–water partition coefficient (Wildman–Crippen LogP) is 3.52. The van der Waals surface area contributed by atoms with E-state index in [1.54, 1.807) is 12.1 Å². The first-order chi connectivity index (χ1) is 13.2. The predicted molar refractivity (Wildman–Crippen MR) is 106 cm³/mol. The molecule has 0 bridgehead atoms. The summed E-state index contributed by atoms with van der Waals surface area (Å²) < 4.78 is 1.99. The summed E-state index contributed by atoms with van der Waals surface area (Å²) in [6.07, 6.45) is 5.74. The molecule has 6 nitrogen and oxygen atoms in total. The average molecular weight is 368 g/mol. The summed E-state index contributed by atoms with van der Waals surface area (Å²) in [5, 5.41) is 17.8. The molecule has 0 amide bonds. The van der Waals surface area contributed by atoms with Crippen molar-refractivity contribution >= 4 is 11.8 Å². The van der Waals surface area contributed by atoms with Crippen molar-refractivity contribution < 1.29 is 9.90 Å². The van der Waals surface area contributed by atoms with Crippen LogP contribution in [-0.2, 0) is 6.42 Å². The summed E-state index contributed by atoms with van der Waals surface area (Å²) in [6.45, 7) is 6.59. The second-order valence-corrected chi connectivity index (χ2v) is 7.57. The molecule has 0 saturated carbocycles. The summed E-state index contributed by atoms with van der Waals surface area (Å²) in [5.41, 5.74) is 3.84. The highest BCUT2D eigenvalue weighted by Gasteiger charge is 2.28. The molecule has 6 heteroatoms. The number of carboxylic acid groups (broad SMARTS) is 1. The zero-order chi connectivity index (χ0) is 18.8. The molecule has 0 radical (unpaired) electrons. The van der Waals surface area contributed by atoms with Gasteiger partial charge in [-0.3, -0.25) is 0 Å². The molecule has 2 aromatic rings. The molecular formula is C21H28N4O2. The highest BCUT2D eigenvalue weighted by Crippen LogP contribution is 2.36. The maximum absolute atomic E-state index is 11.2. The minimum absolute atomic E-state index is 0.303. The largest absolute Gasteiger partial charge is 0.478 e. The van der Waals surface area contributed by atoms with E-state index in [1.165, 1.54) is 24.1 Å². The Balaban J connectivity index is 1.70. The molecule has 0 atom stereocenters. The normalized spacial score (nSPS) is 18.6. The number of anilines is 1. The lowest BCUT2D eigenvalue weighted by Crippen LogP contribution is -2.33. The third-order valence-electron chi connectivity index (χ3n) is 5.94. The van der Waals surface area contributed by atoms with Crippen molar-refractivity contribution in [3.63, 3.8) is 0 Å². The van der Waals surface area contributed by atoms with Gasteiger partial charge < -0.3 is 15.3 Å². The summed E-state index contributed by atoms with van der Waals surface area (Å²) in [6, 6.07) is 7.02. The first-order valence-corrected chi connectivity index (χ1v) is 10.1. The first kappa shape index (κ1) is 18.0. The Morgan fingerprint density at radius 1 is 1.22 bits per heavy atom. The van der Waals surface area contributed by atoms with Gasteiger partial charge in [0.25, 0.3) is 0 Å². The number of fused-ring (bicyclic) bond motifs is 1. The number of hydrogen-bond acceptors (Lipinski definition) is 4. The van der Waals surface area contributed by atoms with E-state index in [1.807, 2.05) is 16.8 Å². The van der Waals surface area contributed by atoms with E-state index in [-0.39, 0.29) is 0 Å². The van der Waals surface area contributed by atoms with Gasteiger partial charge in [-0.1, -0.05) is 6.92 Å². The number of aromatic carboxylic acids is 1. The number of carbonyl (C=O) groups is 1. The smallest absolute Gasteiger partial charge is 0.335 e. The van der Waals surface area contributed by atoms with Crippen LogP contribution in [0.2, 0.25) is 0 Å². The van der Waals surface area contributed by atoms with Gasteiger partial charge >= 0.3 is 5.97 Å². The van der Waals surface area contributed by atoms with Crippen molar-refractivity contribution in [2.45, 2.75) is 44.9 Å². The Bertz CT molecular complexity index is 804.